The second-order valence-corrected chi connectivity index (χ2v) is 14.0. The van der Waals surface area contributed by atoms with E-state index < -0.39 is 80.7 Å². The predicted octanol–water partition coefficient (Wildman–Crippen LogP) is -0.274. The number of hydrogen-bond donors (Lipinski definition) is 7. The maximum atomic E-state index is 12.3. The largest absolute Gasteiger partial charge is 0.466 e. The van der Waals surface area contributed by atoms with Gasteiger partial charge in [0.05, 0.1) is 33.0 Å². The smallest absolute Gasteiger partial charge is 0.404 e. The van der Waals surface area contributed by atoms with E-state index in [1.807, 2.05) is 24.3 Å². The van der Waals surface area contributed by atoms with Gasteiger partial charge in [-0.1, -0.05) is 12.1 Å². The Hall–Kier alpha value is -2.43. The number of nitrogens with two attached hydrogens (primary N) is 1. The van der Waals surface area contributed by atoms with Gasteiger partial charge in [0, 0.05) is 56.4 Å². The molecule has 2 saturated heterocycles. The standard InChI is InChI=1S/C36H56Cl2N2O16/c37-12-14-40(15-13-38)23-10-8-22(9-11-23)4-1-7-27(44)51-17-3-6-24(43)5-2-16-50-18-19-52-35-33(30(47)28(45)25(20-41)54-35)55-34-31(48)32(56-36(39)49)29(46)26(21-42)53-34/h8-11,25-26,28-35,41-42,45-48H,1-7,12-21H2,(H2,39,49)/t25-,26+,28+,29+,30-,31-,32-,33-,34+,35-/m0/s1. The number of rotatable bonds is 26. The Bertz CT molecular complexity index is 1300. The fourth-order valence-electron chi connectivity index (χ4n) is 6.16. The van der Waals surface area contributed by atoms with Gasteiger partial charge in [0.1, 0.15) is 48.5 Å². The lowest BCUT2D eigenvalue weighted by Gasteiger charge is -2.46. The Morgan fingerprint density at radius 3 is 1.98 bits per heavy atom. The van der Waals surface area contributed by atoms with Crippen molar-refractivity contribution in [2.75, 3.05) is 69.4 Å². The summed E-state index contributed by atoms with van der Waals surface area (Å²) in [6.07, 6.45) is -14.3. The van der Waals surface area contributed by atoms with E-state index in [0.717, 1.165) is 17.7 Å². The maximum absolute atomic E-state index is 12.3. The van der Waals surface area contributed by atoms with E-state index in [1.54, 1.807) is 0 Å². The number of nitrogens with zero attached hydrogens (tertiary/aromatic N) is 1. The normalized spacial score (nSPS) is 27.8. The Labute approximate surface area is 335 Å². The Kier molecular flexibility index (Phi) is 22.1. The third-order valence-corrected chi connectivity index (χ3v) is 9.50. The zero-order valence-electron chi connectivity index (χ0n) is 31.1. The van der Waals surface area contributed by atoms with Crippen LogP contribution in [0.15, 0.2) is 24.3 Å². The quantitative estimate of drug-likeness (QED) is 0.0359. The highest BCUT2D eigenvalue weighted by molar-refractivity contribution is 6.18. The van der Waals surface area contributed by atoms with E-state index >= 15 is 0 Å². The van der Waals surface area contributed by atoms with Crippen molar-refractivity contribution in [3.8, 4) is 0 Å². The van der Waals surface area contributed by atoms with Gasteiger partial charge in [-0.3, -0.25) is 9.59 Å². The van der Waals surface area contributed by atoms with Gasteiger partial charge in [-0.15, -0.1) is 23.2 Å². The van der Waals surface area contributed by atoms with Crippen LogP contribution in [-0.4, -0.2) is 174 Å². The number of primary amides is 1. The van der Waals surface area contributed by atoms with Crippen LogP contribution in [0.25, 0.3) is 0 Å². The molecule has 2 aliphatic rings. The summed E-state index contributed by atoms with van der Waals surface area (Å²) in [4.78, 5) is 37.9. The monoisotopic (exact) mass is 842 g/mol. The van der Waals surface area contributed by atoms with Gasteiger partial charge in [0.25, 0.3) is 0 Å². The fourth-order valence-corrected chi connectivity index (χ4v) is 6.57. The number of aliphatic hydroxyl groups excluding tert-OH is 6. The summed E-state index contributed by atoms with van der Waals surface area (Å²) in [7, 11) is 0. The number of aliphatic hydroxyl groups is 6. The highest BCUT2D eigenvalue weighted by Gasteiger charge is 2.52. The average Bonchev–Trinajstić information content (AvgIpc) is 3.18. The summed E-state index contributed by atoms with van der Waals surface area (Å²) in [6, 6.07) is 8.09. The molecule has 2 heterocycles. The van der Waals surface area contributed by atoms with Crippen molar-refractivity contribution in [2.45, 2.75) is 106 Å². The van der Waals surface area contributed by atoms with E-state index in [1.165, 1.54) is 0 Å². The highest BCUT2D eigenvalue weighted by atomic mass is 35.5. The number of alkyl halides is 2. The topological polar surface area (TPSA) is 266 Å². The van der Waals surface area contributed by atoms with E-state index in [0.29, 0.717) is 44.1 Å². The minimum Gasteiger partial charge on any atom is -0.466 e. The second-order valence-electron chi connectivity index (χ2n) is 13.2. The fraction of sp³-hybridized carbons (Fsp3) is 0.750. The number of esters is 1. The summed E-state index contributed by atoms with van der Waals surface area (Å²) >= 11 is 11.8. The zero-order valence-corrected chi connectivity index (χ0v) is 32.7. The predicted molar refractivity (Wildman–Crippen MR) is 199 cm³/mol. The molecule has 56 heavy (non-hydrogen) atoms. The van der Waals surface area contributed by atoms with E-state index in [2.05, 4.69) is 4.90 Å². The first kappa shape index (κ1) is 47.9. The number of halogens is 2. The molecule has 0 spiro atoms. The minimum atomic E-state index is -1.85. The van der Waals surface area contributed by atoms with Crippen LogP contribution in [-0.2, 0) is 49.2 Å². The van der Waals surface area contributed by atoms with Crippen molar-refractivity contribution in [1.29, 1.82) is 0 Å². The number of aryl methyl sites for hydroxylation is 1. The van der Waals surface area contributed by atoms with Crippen molar-refractivity contribution in [2.24, 2.45) is 5.73 Å². The number of ketones is 1. The van der Waals surface area contributed by atoms with Gasteiger partial charge in [0.15, 0.2) is 18.7 Å². The lowest BCUT2D eigenvalue weighted by molar-refractivity contribution is -0.367. The molecule has 0 aliphatic carbocycles. The SMILES string of the molecule is NC(=O)O[C@@H]1[C@H](O)[C@@H](O[C@@H]2[C@@H](OCCOCCCC(=O)CCCOC(=O)CCCc3ccc(N(CCCl)CCCl)cc3)O[C@@H](CO)[C@@H](O)[C@@H]2O)O[C@H](CO)[C@H]1O. The van der Waals surface area contributed by atoms with Crippen LogP contribution < -0.4 is 10.6 Å². The van der Waals surface area contributed by atoms with Crippen LogP contribution in [0, 0.1) is 0 Å². The molecule has 0 radical (unpaired) electrons. The van der Waals surface area contributed by atoms with E-state index in [9.17, 15) is 45.0 Å². The molecule has 3 rings (SSSR count). The van der Waals surface area contributed by atoms with Crippen molar-refractivity contribution >= 4 is 46.7 Å². The molecule has 0 bridgehead atoms. The zero-order chi connectivity index (χ0) is 41.0. The molecule has 0 saturated carbocycles. The van der Waals surface area contributed by atoms with Gasteiger partial charge < -0.3 is 74.4 Å². The maximum Gasteiger partial charge on any atom is 0.404 e. The number of benzene rings is 1. The van der Waals surface area contributed by atoms with E-state index in [-0.39, 0.29) is 57.4 Å². The Morgan fingerprint density at radius 1 is 0.732 bits per heavy atom. The summed E-state index contributed by atoms with van der Waals surface area (Å²) in [5, 5.41) is 61.4. The number of amides is 1. The van der Waals surface area contributed by atoms with Crippen LogP contribution in [0.4, 0.5) is 10.5 Å². The van der Waals surface area contributed by atoms with Crippen LogP contribution >= 0.6 is 23.2 Å². The molecule has 2 aliphatic heterocycles. The number of anilines is 1. The van der Waals surface area contributed by atoms with Gasteiger partial charge in [-0.2, -0.15) is 0 Å². The third kappa shape index (κ3) is 15.4. The first-order chi connectivity index (χ1) is 26.9. The van der Waals surface area contributed by atoms with Crippen LogP contribution in [0.2, 0.25) is 0 Å². The molecule has 1 aromatic carbocycles. The minimum absolute atomic E-state index is 0.00950. The number of hydrogen-bond acceptors (Lipinski definition) is 17. The van der Waals surface area contributed by atoms with Crippen LogP contribution in [0.1, 0.15) is 44.1 Å². The summed E-state index contributed by atoms with van der Waals surface area (Å²) in [5.74, 6) is 0.691. The second kappa shape index (κ2) is 25.8. The average molecular weight is 844 g/mol. The number of Topliss-reactive ketones (excluding diaryl/α,β-unsaturated/α-hetero) is 1. The summed E-state index contributed by atoms with van der Waals surface area (Å²) in [6.45, 7) is 0.214. The van der Waals surface area contributed by atoms with Crippen molar-refractivity contribution in [1.82, 2.24) is 0 Å². The molecule has 10 atom stereocenters. The lowest BCUT2D eigenvalue weighted by atomic mass is 9.97. The molecule has 320 valence electrons. The molecule has 0 aromatic heterocycles. The van der Waals surface area contributed by atoms with Crippen LogP contribution in [0.5, 0.6) is 0 Å². The summed E-state index contributed by atoms with van der Waals surface area (Å²) < 4.78 is 37.9. The van der Waals surface area contributed by atoms with Crippen LogP contribution in [0.3, 0.4) is 0 Å². The molecule has 8 N–H and O–H groups in total. The van der Waals surface area contributed by atoms with Gasteiger partial charge in [-0.05, 0) is 43.4 Å². The number of carbonyl (C=O) groups is 3. The third-order valence-electron chi connectivity index (χ3n) is 9.16. The van der Waals surface area contributed by atoms with Gasteiger partial charge in [0.2, 0.25) is 0 Å². The molecular formula is C36H56Cl2N2O16. The highest BCUT2D eigenvalue weighted by Crippen LogP contribution is 2.30. The molecule has 18 nitrogen and oxygen atoms in total. The molecule has 20 heteroatoms. The van der Waals surface area contributed by atoms with Crippen molar-refractivity contribution in [3.05, 3.63) is 29.8 Å². The van der Waals surface area contributed by atoms with Gasteiger partial charge >= 0.3 is 12.1 Å². The molecule has 1 aromatic rings. The Balaban J connectivity index is 1.30. The molecule has 2 fully saturated rings. The number of ether oxygens (including phenoxy) is 7. The lowest BCUT2D eigenvalue weighted by Crippen LogP contribution is -2.65. The first-order valence-corrected chi connectivity index (χ1v) is 19.7. The van der Waals surface area contributed by atoms with Crippen molar-refractivity contribution < 1.29 is 78.2 Å². The molecular weight excluding hydrogens is 787 g/mol. The van der Waals surface area contributed by atoms with Gasteiger partial charge in [-0.25, -0.2) is 4.79 Å². The first-order valence-electron chi connectivity index (χ1n) is 18.6. The molecule has 0 unspecified atom stereocenters. The Morgan fingerprint density at radius 2 is 1.36 bits per heavy atom. The van der Waals surface area contributed by atoms with Crippen molar-refractivity contribution in [3.63, 3.8) is 0 Å². The van der Waals surface area contributed by atoms with E-state index in [4.69, 9.17) is 62.1 Å². The number of carbonyl (C=O) groups excluding carboxylic acids is 3. The summed E-state index contributed by atoms with van der Waals surface area (Å²) in [5.41, 5.74) is 7.19. The molecule has 1 amide bonds.